The number of anilines is 1. The predicted molar refractivity (Wildman–Crippen MR) is 112 cm³/mol. The zero-order chi connectivity index (χ0) is 21.1. The average Bonchev–Trinajstić information content (AvgIpc) is 3.43. The third kappa shape index (κ3) is 4.59. The van der Waals surface area contributed by atoms with Gasteiger partial charge in [-0.15, -0.1) is 11.3 Å². The Morgan fingerprint density at radius 1 is 1.37 bits per heavy atom. The number of thiazole rings is 1. The number of nitrogens with one attached hydrogen (secondary N) is 1. The van der Waals surface area contributed by atoms with E-state index in [0.29, 0.717) is 35.8 Å². The highest BCUT2D eigenvalue weighted by Crippen LogP contribution is 2.25. The molecule has 156 valence electrons. The quantitative estimate of drug-likeness (QED) is 0.660. The third-order valence-corrected chi connectivity index (χ3v) is 6.16. The predicted octanol–water partition coefficient (Wildman–Crippen LogP) is 4.27. The molecule has 2 aromatic heterocycles. The molecule has 3 heterocycles. The van der Waals surface area contributed by atoms with Crippen LogP contribution in [0.2, 0.25) is 0 Å². The van der Waals surface area contributed by atoms with Crippen molar-refractivity contribution in [1.29, 1.82) is 0 Å². The van der Waals surface area contributed by atoms with Gasteiger partial charge in [-0.05, 0) is 43.0 Å². The number of nitrogens with zero attached hydrogens (tertiary/aromatic N) is 2. The van der Waals surface area contributed by atoms with Gasteiger partial charge in [0.15, 0.2) is 5.13 Å². The summed E-state index contributed by atoms with van der Waals surface area (Å²) in [5, 5.41) is 3.39. The molecule has 2 amide bonds. The minimum atomic E-state index is -0.284. The Balaban J connectivity index is 1.35. The summed E-state index contributed by atoms with van der Waals surface area (Å²) in [5.41, 5.74) is 1.97. The fraction of sp³-hybridized carbons (Fsp3) is 0.318. The van der Waals surface area contributed by atoms with E-state index >= 15 is 0 Å². The smallest absolute Gasteiger partial charge is 0.257 e. The van der Waals surface area contributed by atoms with Crippen molar-refractivity contribution in [2.45, 2.75) is 26.2 Å². The van der Waals surface area contributed by atoms with Gasteiger partial charge >= 0.3 is 0 Å². The standard InChI is InChI=1S/C22H22FN3O3S/c1-14-4-5-15(10-19(14)23)9-18-11-24-22(30-18)25-20(27)16-3-2-7-26(12-16)21(28)17-6-8-29-13-17/h4-6,8,10-11,13,16H,2-3,7,9,12H2,1H3,(H,24,25,27)/t16-/m1/s1. The van der Waals surface area contributed by atoms with Crippen molar-refractivity contribution in [2.24, 2.45) is 5.92 Å². The average molecular weight is 428 g/mol. The molecule has 0 spiro atoms. The lowest BCUT2D eigenvalue weighted by molar-refractivity contribution is -0.121. The molecule has 1 saturated heterocycles. The molecule has 0 aliphatic carbocycles. The van der Waals surface area contributed by atoms with Crippen LogP contribution in [0.4, 0.5) is 9.52 Å². The molecular weight excluding hydrogens is 405 g/mol. The van der Waals surface area contributed by atoms with Crippen LogP contribution in [-0.4, -0.2) is 34.8 Å². The minimum absolute atomic E-state index is 0.122. The van der Waals surface area contributed by atoms with Crippen LogP contribution in [-0.2, 0) is 11.2 Å². The van der Waals surface area contributed by atoms with Crippen molar-refractivity contribution in [3.8, 4) is 0 Å². The van der Waals surface area contributed by atoms with Crippen LogP contribution < -0.4 is 5.32 Å². The second-order valence-electron chi connectivity index (χ2n) is 7.48. The van der Waals surface area contributed by atoms with Gasteiger partial charge in [0.1, 0.15) is 12.1 Å². The van der Waals surface area contributed by atoms with Gasteiger partial charge in [-0.2, -0.15) is 0 Å². The van der Waals surface area contributed by atoms with Gasteiger partial charge in [-0.1, -0.05) is 12.1 Å². The molecule has 8 heteroatoms. The Morgan fingerprint density at radius 3 is 3.00 bits per heavy atom. The lowest BCUT2D eigenvalue weighted by Gasteiger charge is -2.31. The van der Waals surface area contributed by atoms with Crippen molar-refractivity contribution < 1.29 is 18.4 Å². The Bertz CT molecular complexity index is 1050. The SMILES string of the molecule is Cc1ccc(Cc2cnc(NC(=O)[C@@H]3CCCN(C(=O)c4ccoc4)C3)s2)cc1F. The van der Waals surface area contributed by atoms with Crippen LogP contribution in [0.1, 0.15) is 39.2 Å². The number of hydrogen-bond acceptors (Lipinski definition) is 5. The summed E-state index contributed by atoms with van der Waals surface area (Å²) in [6.45, 7) is 2.73. The number of rotatable bonds is 5. The van der Waals surface area contributed by atoms with E-state index in [2.05, 4.69) is 10.3 Å². The van der Waals surface area contributed by atoms with E-state index in [9.17, 15) is 14.0 Å². The van der Waals surface area contributed by atoms with E-state index in [4.69, 9.17) is 4.42 Å². The van der Waals surface area contributed by atoms with Gasteiger partial charge in [0.2, 0.25) is 5.91 Å². The summed E-state index contributed by atoms with van der Waals surface area (Å²) in [7, 11) is 0. The lowest BCUT2D eigenvalue weighted by Crippen LogP contribution is -2.43. The number of halogens is 1. The molecule has 1 atom stereocenters. The van der Waals surface area contributed by atoms with Crippen LogP contribution in [0.5, 0.6) is 0 Å². The topological polar surface area (TPSA) is 75.4 Å². The zero-order valence-electron chi connectivity index (χ0n) is 16.6. The Hall–Kier alpha value is -3.00. The maximum Gasteiger partial charge on any atom is 0.257 e. The first kappa shape index (κ1) is 20.3. The highest BCUT2D eigenvalue weighted by atomic mass is 32.1. The zero-order valence-corrected chi connectivity index (χ0v) is 17.4. The summed E-state index contributed by atoms with van der Waals surface area (Å²) in [6.07, 6.45) is 6.63. The van der Waals surface area contributed by atoms with Crippen LogP contribution in [0.25, 0.3) is 0 Å². The number of likely N-dealkylation sites (tertiary alicyclic amines) is 1. The molecule has 1 aliphatic rings. The lowest BCUT2D eigenvalue weighted by atomic mass is 9.97. The summed E-state index contributed by atoms with van der Waals surface area (Å²) < 4.78 is 18.7. The van der Waals surface area contributed by atoms with Gasteiger partial charge in [-0.3, -0.25) is 9.59 Å². The van der Waals surface area contributed by atoms with Crippen molar-refractivity contribution in [3.63, 3.8) is 0 Å². The molecule has 3 aromatic rings. The molecule has 30 heavy (non-hydrogen) atoms. The number of carbonyl (C=O) groups is 2. The first-order valence-corrected chi connectivity index (χ1v) is 10.6. The van der Waals surface area contributed by atoms with E-state index in [1.165, 1.54) is 29.9 Å². The van der Waals surface area contributed by atoms with Crippen LogP contribution >= 0.6 is 11.3 Å². The van der Waals surface area contributed by atoms with Gasteiger partial charge in [0.25, 0.3) is 5.91 Å². The highest BCUT2D eigenvalue weighted by Gasteiger charge is 2.29. The van der Waals surface area contributed by atoms with E-state index in [0.717, 1.165) is 23.3 Å². The highest BCUT2D eigenvalue weighted by molar-refractivity contribution is 7.15. The monoisotopic (exact) mass is 427 g/mol. The Kier molecular flexibility index (Phi) is 5.94. The second kappa shape index (κ2) is 8.79. The number of hydrogen-bond donors (Lipinski definition) is 1. The molecule has 1 N–H and O–H groups in total. The van der Waals surface area contributed by atoms with Crippen LogP contribution in [0.15, 0.2) is 47.4 Å². The van der Waals surface area contributed by atoms with Crippen molar-refractivity contribution in [3.05, 3.63) is 70.4 Å². The van der Waals surface area contributed by atoms with Crippen molar-refractivity contribution in [2.75, 3.05) is 18.4 Å². The van der Waals surface area contributed by atoms with Gasteiger partial charge in [0, 0.05) is 30.6 Å². The molecule has 1 fully saturated rings. The number of benzene rings is 1. The number of amides is 2. The molecule has 1 aliphatic heterocycles. The van der Waals surface area contributed by atoms with E-state index in [-0.39, 0.29) is 23.5 Å². The molecule has 0 unspecified atom stereocenters. The minimum Gasteiger partial charge on any atom is -0.472 e. The summed E-state index contributed by atoms with van der Waals surface area (Å²) in [5.74, 6) is -0.768. The van der Waals surface area contributed by atoms with E-state index in [1.807, 2.05) is 6.07 Å². The summed E-state index contributed by atoms with van der Waals surface area (Å²) >= 11 is 1.38. The molecule has 6 nitrogen and oxygen atoms in total. The maximum absolute atomic E-state index is 13.7. The number of piperidine rings is 1. The first-order chi connectivity index (χ1) is 14.5. The fourth-order valence-corrected chi connectivity index (χ4v) is 4.40. The molecule has 0 saturated carbocycles. The fourth-order valence-electron chi connectivity index (χ4n) is 3.55. The Morgan fingerprint density at radius 2 is 2.23 bits per heavy atom. The maximum atomic E-state index is 13.7. The number of aryl methyl sites for hydroxylation is 1. The van der Waals surface area contributed by atoms with Gasteiger partial charge < -0.3 is 14.6 Å². The third-order valence-electron chi connectivity index (χ3n) is 5.25. The first-order valence-electron chi connectivity index (χ1n) is 9.81. The van der Waals surface area contributed by atoms with Crippen molar-refractivity contribution in [1.82, 2.24) is 9.88 Å². The molecule has 0 radical (unpaired) electrons. The number of aromatic nitrogens is 1. The van der Waals surface area contributed by atoms with Crippen LogP contribution in [0, 0.1) is 18.7 Å². The van der Waals surface area contributed by atoms with Gasteiger partial charge in [0.05, 0.1) is 17.7 Å². The van der Waals surface area contributed by atoms with E-state index < -0.39 is 0 Å². The number of furan rings is 1. The normalized spacial score (nSPS) is 16.5. The largest absolute Gasteiger partial charge is 0.472 e. The second-order valence-corrected chi connectivity index (χ2v) is 8.60. The molecular formula is C22H22FN3O3S. The van der Waals surface area contributed by atoms with Gasteiger partial charge in [-0.25, -0.2) is 9.37 Å². The summed E-state index contributed by atoms with van der Waals surface area (Å²) in [4.78, 5) is 32.1. The molecule has 4 rings (SSSR count). The number of carbonyl (C=O) groups excluding carboxylic acids is 2. The molecule has 1 aromatic carbocycles. The van der Waals surface area contributed by atoms with Crippen LogP contribution in [0.3, 0.4) is 0 Å². The Labute approximate surface area is 177 Å². The molecule has 0 bridgehead atoms. The van der Waals surface area contributed by atoms with E-state index in [1.54, 1.807) is 30.2 Å². The summed E-state index contributed by atoms with van der Waals surface area (Å²) in [6, 6.07) is 6.81. The van der Waals surface area contributed by atoms with Crippen molar-refractivity contribution >= 4 is 28.3 Å².